The highest BCUT2D eigenvalue weighted by Crippen LogP contribution is 2.36. The lowest BCUT2D eigenvalue weighted by Gasteiger charge is -2.36. The van der Waals surface area contributed by atoms with Crippen molar-refractivity contribution in [3.05, 3.63) is 28.8 Å². The molecule has 1 aromatic rings. The second-order valence-electron chi connectivity index (χ2n) is 6.10. The second-order valence-corrected chi connectivity index (χ2v) is 6.51. The van der Waals surface area contributed by atoms with Crippen LogP contribution in [0.4, 0.5) is 5.69 Å². The molecule has 0 spiro atoms. The summed E-state index contributed by atoms with van der Waals surface area (Å²) in [5, 5.41) is 12.8. The van der Waals surface area contributed by atoms with Crippen LogP contribution < -0.4 is 5.32 Å². The molecule has 0 radical (unpaired) electrons. The molecule has 0 heterocycles. The van der Waals surface area contributed by atoms with E-state index >= 15 is 0 Å². The number of carboxylic acid groups (broad SMARTS) is 1. The topological polar surface area (TPSA) is 49.3 Å². The van der Waals surface area contributed by atoms with Crippen LogP contribution in [0.25, 0.3) is 0 Å². The zero-order chi connectivity index (χ0) is 14.0. The monoisotopic (exact) mass is 281 g/mol. The number of aromatic carboxylic acids is 1. The standard InChI is InChI=1S/C15H20ClNO2/c1-15(2)7-3-4-11(9-15)17-10-5-6-13(16)12(8-10)14(18)19/h5-6,8,11,17H,3-4,7,9H2,1-2H3,(H,18,19). The van der Waals surface area contributed by atoms with E-state index in [1.807, 2.05) is 6.07 Å². The van der Waals surface area contributed by atoms with Gasteiger partial charge in [0.1, 0.15) is 0 Å². The summed E-state index contributed by atoms with van der Waals surface area (Å²) in [6.45, 7) is 4.57. The number of carbonyl (C=O) groups is 1. The first-order valence-corrected chi connectivity index (χ1v) is 7.04. The molecule has 0 saturated heterocycles. The fourth-order valence-corrected chi connectivity index (χ4v) is 3.03. The Morgan fingerprint density at radius 3 is 2.84 bits per heavy atom. The van der Waals surface area contributed by atoms with Crippen molar-refractivity contribution in [3.8, 4) is 0 Å². The van der Waals surface area contributed by atoms with Crippen molar-refractivity contribution >= 4 is 23.3 Å². The molecule has 0 bridgehead atoms. The molecule has 1 unspecified atom stereocenters. The maximum atomic E-state index is 11.1. The summed E-state index contributed by atoms with van der Waals surface area (Å²) in [4.78, 5) is 11.1. The molecule has 1 aromatic carbocycles. The number of nitrogens with one attached hydrogen (secondary N) is 1. The van der Waals surface area contributed by atoms with Crippen LogP contribution in [0.2, 0.25) is 5.02 Å². The van der Waals surface area contributed by atoms with Crippen LogP contribution in [0.5, 0.6) is 0 Å². The third kappa shape index (κ3) is 3.63. The lowest BCUT2D eigenvalue weighted by molar-refractivity contribution is 0.0697. The first-order valence-electron chi connectivity index (χ1n) is 6.67. The van der Waals surface area contributed by atoms with E-state index in [4.69, 9.17) is 16.7 Å². The van der Waals surface area contributed by atoms with Crippen LogP contribution in [-0.2, 0) is 0 Å². The number of hydrogen-bond acceptors (Lipinski definition) is 2. The second kappa shape index (κ2) is 5.41. The van der Waals surface area contributed by atoms with Gasteiger partial charge >= 0.3 is 5.97 Å². The Balaban J connectivity index is 2.11. The number of rotatable bonds is 3. The summed E-state index contributed by atoms with van der Waals surface area (Å²) in [6.07, 6.45) is 4.71. The predicted octanol–water partition coefficient (Wildman–Crippen LogP) is 4.42. The van der Waals surface area contributed by atoms with E-state index in [1.54, 1.807) is 12.1 Å². The third-order valence-corrected chi connectivity index (χ3v) is 4.10. The van der Waals surface area contributed by atoms with Gasteiger partial charge in [-0.2, -0.15) is 0 Å². The fraction of sp³-hybridized carbons (Fsp3) is 0.533. The minimum Gasteiger partial charge on any atom is -0.478 e. The Labute approximate surface area is 119 Å². The zero-order valence-corrected chi connectivity index (χ0v) is 12.1. The van der Waals surface area contributed by atoms with E-state index in [-0.39, 0.29) is 10.6 Å². The molecule has 2 rings (SSSR count). The van der Waals surface area contributed by atoms with E-state index in [9.17, 15) is 4.79 Å². The van der Waals surface area contributed by atoms with Gasteiger partial charge in [0, 0.05) is 11.7 Å². The predicted molar refractivity (Wildman–Crippen MR) is 78.1 cm³/mol. The highest BCUT2D eigenvalue weighted by Gasteiger charge is 2.27. The third-order valence-electron chi connectivity index (χ3n) is 3.77. The Hall–Kier alpha value is -1.22. The van der Waals surface area contributed by atoms with Gasteiger partial charge < -0.3 is 10.4 Å². The highest BCUT2D eigenvalue weighted by molar-refractivity contribution is 6.33. The summed E-state index contributed by atoms with van der Waals surface area (Å²) in [5.41, 5.74) is 1.35. The average molecular weight is 282 g/mol. The first kappa shape index (κ1) is 14.2. The van der Waals surface area contributed by atoms with Gasteiger partial charge in [-0.15, -0.1) is 0 Å². The Morgan fingerprint density at radius 1 is 1.47 bits per heavy atom. The van der Waals surface area contributed by atoms with Crippen LogP contribution in [0.1, 0.15) is 49.9 Å². The van der Waals surface area contributed by atoms with Crippen molar-refractivity contribution in [2.45, 2.75) is 45.6 Å². The molecule has 3 nitrogen and oxygen atoms in total. The molecule has 4 heteroatoms. The highest BCUT2D eigenvalue weighted by atomic mass is 35.5. The average Bonchev–Trinajstić information content (AvgIpc) is 2.30. The Kier molecular flexibility index (Phi) is 4.04. The number of anilines is 1. The smallest absolute Gasteiger partial charge is 0.337 e. The van der Waals surface area contributed by atoms with Gasteiger partial charge in [-0.25, -0.2) is 4.79 Å². The lowest BCUT2D eigenvalue weighted by atomic mass is 9.75. The Morgan fingerprint density at radius 2 is 2.21 bits per heavy atom. The molecule has 2 N–H and O–H groups in total. The summed E-state index contributed by atoms with van der Waals surface area (Å²) in [5.74, 6) is -0.988. The first-order chi connectivity index (χ1) is 8.87. The van der Waals surface area contributed by atoms with Gasteiger partial charge in [-0.1, -0.05) is 31.9 Å². The van der Waals surface area contributed by atoms with Crippen molar-refractivity contribution in [2.75, 3.05) is 5.32 Å². The SMILES string of the molecule is CC1(C)CCCC(Nc2ccc(Cl)c(C(=O)O)c2)C1. The molecular weight excluding hydrogens is 262 g/mol. The maximum Gasteiger partial charge on any atom is 0.337 e. The maximum absolute atomic E-state index is 11.1. The van der Waals surface area contributed by atoms with Gasteiger partial charge in [-0.05, 0) is 42.9 Å². The molecule has 19 heavy (non-hydrogen) atoms. The van der Waals surface area contributed by atoms with Gasteiger partial charge in [0.15, 0.2) is 0 Å². The van der Waals surface area contributed by atoms with E-state index < -0.39 is 5.97 Å². The van der Waals surface area contributed by atoms with Crippen molar-refractivity contribution in [1.82, 2.24) is 0 Å². The summed E-state index contributed by atoms with van der Waals surface area (Å²) < 4.78 is 0. The van der Waals surface area contributed by atoms with Crippen LogP contribution in [0.15, 0.2) is 18.2 Å². The van der Waals surface area contributed by atoms with E-state index in [1.165, 1.54) is 12.8 Å². The van der Waals surface area contributed by atoms with Crippen molar-refractivity contribution in [3.63, 3.8) is 0 Å². The van der Waals surface area contributed by atoms with Crippen LogP contribution in [-0.4, -0.2) is 17.1 Å². The molecule has 1 aliphatic rings. The molecule has 0 aromatic heterocycles. The van der Waals surface area contributed by atoms with Crippen LogP contribution in [0.3, 0.4) is 0 Å². The minimum absolute atomic E-state index is 0.154. The van der Waals surface area contributed by atoms with Gasteiger partial charge in [0.05, 0.1) is 10.6 Å². The number of carboxylic acids is 1. The van der Waals surface area contributed by atoms with Crippen molar-refractivity contribution in [1.29, 1.82) is 0 Å². The van der Waals surface area contributed by atoms with Gasteiger partial charge in [0.25, 0.3) is 0 Å². The molecule has 1 fully saturated rings. The van der Waals surface area contributed by atoms with E-state index in [0.717, 1.165) is 18.5 Å². The quantitative estimate of drug-likeness (QED) is 0.862. The largest absolute Gasteiger partial charge is 0.478 e. The van der Waals surface area contributed by atoms with Gasteiger partial charge in [-0.3, -0.25) is 0 Å². The lowest BCUT2D eigenvalue weighted by Crippen LogP contribution is -2.31. The van der Waals surface area contributed by atoms with Crippen molar-refractivity contribution in [2.24, 2.45) is 5.41 Å². The molecule has 104 valence electrons. The Bertz CT molecular complexity index is 485. The molecule has 1 aliphatic carbocycles. The number of hydrogen-bond donors (Lipinski definition) is 2. The van der Waals surface area contributed by atoms with Gasteiger partial charge in [0.2, 0.25) is 0 Å². The van der Waals surface area contributed by atoms with E-state index in [2.05, 4.69) is 19.2 Å². The fourth-order valence-electron chi connectivity index (χ4n) is 2.84. The molecule has 1 atom stereocenters. The molecule has 1 saturated carbocycles. The minimum atomic E-state index is -0.988. The number of halogens is 1. The summed E-state index contributed by atoms with van der Waals surface area (Å²) in [7, 11) is 0. The van der Waals surface area contributed by atoms with Crippen LogP contribution in [0, 0.1) is 5.41 Å². The van der Waals surface area contributed by atoms with E-state index in [0.29, 0.717) is 11.5 Å². The normalized spacial score (nSPS) is 21.9. The zero-order valence-electron chi connectivity index (χ0n) is 11.4. The van der Waals surface area contributed by atoms with Crippen LogP contribution >= 0.6 is 11.6 Å². The number of benzene rings is 1. The summed E-state index contributed by atoms with van der Waals surface area (Å²) >= 11 is 5.87. The molecule has 0 aliphatic heterocycles. The van der Waals surface area contributed by atoms with Crippen molar-refractivity contribution < 1.29 is 9.90 Å². The molecular formula is C15H20ClNO2. The summed E-state index contributed by atoms with van der Waals surface area (Å²) in [6, 6.07) is 5.51. The molecule has 0 amide bonds.